The van der Waals surface area contributed by atoms with Gasteiger partial charge in [0.05, 0.1) is 23.6 Å². The van der Waals surface area contributed by atoms with Crippen molar-refractivity contribution in [2.75, 3.05) is 23.3 Å². The van der Waals surface area contributed by atoms with Crippen LogP contribution in [-0.4, -0.2) is 50.8 Å². The third-order valence-electron chi connectivity index (χ3n) is 7.08. The van der Waals surface area contributed by atoms with E-state index in [2.05, 4.69) is 39.5 Å². The van der Waals surface area contributed by atoms with Gasteiger partial charge in [-0.1, -0.05) is 0 Å². The normalized spacial score (nSPS) is 18.3. The maximum Gasteiger partial charge on any atom is 0.317 e. The van der Waals surface area contributed by atoms with E-state index in [1.807, 2.05) is 19.1 Å². The molecule has 2 N–H and O–H groups in total. The Balaban J connectivity index is 1.39. The summed E-state index contributed by atoms with van der Waals surface area (Å²) in [7, 11) is 1.72. The third kappa shape index (κ3) is 4.95. The lowest BCUT2D eigenvalue weighted by Crippen LogP contribution is -2.54. The van der Waals surface area contributed by atoms with E-state index in [4.69, 9.17) is 14.1 Å². The molecule has 6 rings (SSSR count). The van der Waals surface area contributed by atoms with Crippen molar-refractivity contribution in [3.8, 4) is 6.01 Å². The summed E-state index contributed by atoms with van der Waals surface area (Å²) in [5.41, 5.74) is 3.11. The summed E-state index contributed by atoms with van der Waals surface area (Å²) >= 11 is 0. The number of furan rings is 1. The number of carbonyl (C=O) groups is 1. The van der Waals surface area contributed by atoms with E-state index in [0.29, 0.717) is 34.2 Å². The van der Waals surface area contributed by atoms with E-state index in [1.54, 1.807) is 44.1 Å². The lowest BCUT2D eigenvalue weighted by atomic mass is 10.0. The highest BCUT2D eigenvalue weighted by Gasteiger charge is 2.25. The average molecular weight is 544 g/mol. The minimum atomic E-state index is -0.512. The summed E-state index contributed by atoms with van der Waals surface area (Å²) < 4.78 is 27.4. The van der Waals surface area contributed by atoms with Crippen molar-refractivity contribution >= 4 is 39.1 Å². The molecule has 1 aliphatic rings. The zero-order valence-electron chi connectivity index (χ0n) is 22.7. The van der Waals surface area contributed by atoms with E-state index in [1.165, 1.54) is 10.7 Å². The fraction of sp³-hybridized carbons (Fsp3) is 0.310. The maximum absolute atomic E-state index is 14.7. The molecule has 0 spiro atoms. The van der Waals surface area contributed by atoms with Gasteiger partial charge in [-0.25, -0.2) is 9.37 Å². The number of hydrogen-bond acceptors (Lipinski definition) is 8. The summed E-state index contributed by atoms with van der Waals surface area (Å²) in [6, 6.07) is 9.16. The Hall–Kier alpha value is -4.51. The van der Waals surface area contributed by atoms with Gasteiger partial charge >= 0.3 is 6.01 Å². The quantitative estimate of drug-likeness (QED) is 0.314. The molecule has 4 heterocycles. The number of hydrogen-bond donors (Lipinski definition) is 2. The zero-order valence-corrected chi connectivity index (χ0v) is 22.7. The van der Waals surface area contributed by atoms with Crippen molar-refractivity contribution in [1.29, 1.82) is 0 Å². The van der Waals surface area contributed by atoms with Gasteiger partial charge in [-0.05, 0) is 51.1 Å². The first kappa shape index (κ1) is 25.8. The van der Waals surface area contributed by atoms with Gasteiger partial charge in [0.1, 0.15) is 11.6 Å². The Morgan fingerprint density at radius 3 is 2.75 bits per heavy atom. The van der Waals surface area contributed by atoms with Crippen LogP contribution in [0, 0.1) is 5.82 Å². The molecule has 0 saturated carbocycles. The summed E-state index contributed by atoms with van der Waals surface area (Å²) in [4.78, 5) is 25.1. The van der Waals surface area contributed by atoms with Crippen LogP contribution in [0.15, 0.2) is 59.7 Å². The SMILES string of the molecule is CC1CN(c2ccc(C(=O)Nc3cc(F)c4nn(C)cc4c3)c3nc(OC(C)c4ccoc4)ncc23)CC(C)N1. The highest BCUT2D eigenvalue weighted by atomic mass is 19.1. The molecule has 5 aromatic rings. The summed E-state index contributed by atoms with van der Waals surface area (Å²) in [6.07, 6.45) is 6.22. The predicted molar refractivity (Wildman–Crippen MR) is 150 cm³/mol. The second-order valence-electron chi connectivity index (χ2n) is 10.4. The molecule has 206 valence electrons. The van der Waals surface area contributed by atoms with E-state index in [0.717, 1.165) is 29.7 Å². The van der Waals surface area contributed by atoms with Crippen LogP contribution in [0.1, 0.15) is 42.8 Å². The number of rotatable bonds is 6. The molecule has 1 fully saturated rings. The van der Waals surface area contributed by atoms with Crippen molar-refractivity contribution in [1.82, 2.24) is 25.1 Å². The number of carbonyl (C=O) groups excluding carboxylic acids is 1. The van der Waals surface area contributed by atoms with Crippen molar-refractivity contribution < 1.29 is 18.3 Å². The molecular weight excluding hydrogens is 513 g/mol. The van der Waals surface area contributed by atoms with Gasteiger partial charge in [0.15, 0.2) is 5.82 Å². The van der Waals surface area contributed by atoms with Crippen LogP contribution in [0.25, 0.3) is 21.8 Å². The average Bonchev–Trinajstić information content (AvgIpc) is 3.57. The van der Waals surface area contributed by atoms with Crippen molar-refractivity contribution in [3.05, 3.63) is 72.2 Å². The summed E-state index contributed by atoms with van der Waals surface area (Å²) in [5.74, 6) is -0.935. The lowest BCUT2D eigenvalue weighted by Gasteiger charge is -2.38. The van der Waals surface area contributed by atoms with E-state index in [-0.39, 0.29) is 17.6 Å². The zero-order chi connectivity index (χ0) is 28.0. The van der Waals surface area contributed by atoms with Crippen molar-refractivity contribution in [2.45, 2.75) is 39.0 Å². The first-order chi connectivity index (χ1) is 19.2. The number of piperazine rings is 1. The van der Waals surface area contributed by atoms with E-state index >= 15 is 0 Å². The first-order valence-electron chi connectivity index (χ1n) is 13.2. The fourth-order valence-electron chi connectivity index (χ4n) is 5.34. The minimum Gasteiger partial charge on any atom is -0.472 e. The predicted octanol–water partition coefficient (Wildman–Crippen LogP) is 4.83. The summed E-state index contributed by atoms with van der Waals surface area (Å²) in [5, 5.41) is 11.8. The van der Waals surface area contributed by atoms with E-state index < -0.39 is 11.7 Å². The Morgan fingerprint density at radius 1 is 1.20 bits per heavy atom. The standard InChI is InChI=1S/C29H30FN7O3/c1-16-12-37(13-17(2)32-16)25-6-5-22(28(38)33-21-9-20-14-36(4)35-26(20)24(30)10-21)27-23(25)11-31-29(34-27)40-18(3)19-7-8-39-15-19/h5-11,14-18,32H,12-13H2,1-4H3,(H,33,38). The van der Waals surface area contributed by atoms with Crippen LogP contribution in [0.5, 0.6) is 6.01 Å². The van der Waals surface area contributed by atoms with E-state index in [9.17, 15) is 9.18 Å². The molecule has 1 amide bonds. The smallest absolute Gasteiger partial charge is 0.317 e. The molecule has 3 atom stereocenters. The first-order valence-corrected chi connectivity index (χ1v) is 13.2. The maximum atomic E-state index is 14.7. The molecule has 1 saturated heterocycles. The Bertz CT molecular complexity index is 1690. The second kappa shape index (κ2) is 10.2. The number of amides is 1. The topological polar surface area (TPSA) is 110 Å². The molecule has 10 nitrogen and oxygen atoms in total. The number of halogens is 1. The highest BCUT2D eigenvalue weighted by molar-refractivity contribution is 6.14. The number of nitrogens with one attached hydrogen (secondary N) is 2. The number of aromatic nitrogens is 4. The van der Waals surface area contributed by atoms with Crippen LogP contribution in [0.3, 0.4) is 0 Å². The highest BCUT2D eigenvalue weighted by Crippen LogP contribution is 2.32. The van der Waals surface area contributed by atoms with Gasteiger partial charge in [0.2, 0.25) is 0 Å². The van der Waals surface area contributed by atoms with Gasteiger partial charge in [0, 0.05) is 72.3 Å². The molecule has 0 radical (unpaired) electrons. The Labute approximate surface area is 230 Å². The third-order valence-corrected chi connectivity index (χ3v) is 7.08. The fourth-order valence-corrected chi connectivity index (χ4v) is 5.34. The number of ether oxygens (including phenoxy) is 1. The molecule has 3 aromatic heterocycles. The Morgan fingerprint density at radius 2 is 2.00 bits per heavy atom. The summed E-state index contributed by atoms with van der Waals surface area (Å²) in [6.45, 7) is 7.75. The van der Waals surface area contributed by atoms with Crippen LogP contribution in [-0.2, 0) is 7.05 Å². The molecule has 0 bridgehead atoms. The number of benzene rings is 2. The minimum absolute atomic E-state index is 0.136. The second-order valence-corrected chi connectivity index (χ2v) is 10.4. The van der Waals surface area contributed by atoms with Gasteiger partial charge < -0.3 is 24.7 Å². The molecule has 11 heteroatoms. The molecule has 1 aliphatic heterocycles. The van der Waals surface area contributed by atoms with Gasteiger partial charge in [-0.3, -0.25) is 9.48 Å². The molecule has 40 heavy (non-hydrogen) atoms. The van der Waals surface area contributed by atoms with Crippen molar-refractivity contribution in [2.24, 2.45) is 7.05 Å². The number of anilines is 2. The van der Waals surface area contributed by atoms with Gasteiger partial charge in [0.25, 0.3) is 5.91 Å². The number of nitrogens with zero attached hydrogens (tertiary/aromatic N) is 5. The van der Waals surface area contributed by atoms with Crippen LogP contribution < -0.4 is 20.3 Å². The molecule has 0 aliphatic carbocycles. The van der Waals surface area contributed by atoms with Gasteiger partial charge in [-0.15, -0.1) is 0 Å². The van der Waals surface area contributed by atoms with Gasteiger partial charge in [-0.2, -0.15) is 10.1 Å². The van der Waals surface area contributed by atoms with Crippen LogP contribution in [0.4, 0.5) is 15.8 Å². The molecule has 3 unspecified atom stereocenters. The largest absolute Gasteiger partial charge is 0.472 e. The monoisotopic (exact) mass is 543 g/mol. The molecule has 2 aromatic carbocycles. The van der Waals surface area contributed by atoms with Crippen LogP contribution in [0.2, 0.25) is 0 Å². The Kier molecular flexibility index (Phi) is 6.59. The van der Waals surface area contributed by atoms with Crippen LogP contribution >= 0.6 is 0 Å². The number of aryl methyl sites for hydroxylation is 1. The van der Waals surface area contributed by atoms with Crippen molar-refractivity contribution in [3.63, 3.8) is 0 Å². The molecular formula is C29H30FN7O3. The number of fused-ring (bicyclic) bond motifs is 2. The lowest BCUT2D eigenvalue weighted by molar-refractivity contribution is 0.102.